The third-order valence-corrected chi connectivity index (χ3v) is 4.45. The molecule has 2 N–H and O–H groups in total. The predicted octanol–water partition coefficient (Wildman–Crippen LogP) is 1.26. The molecular weight excluding hydrogens is 290 g/mol. The first-order chi connectivity index (χ1) is 10.2. The maximum absolute atomic E-state index is 5.95. The zero-order valence-corrected chi connectivity index (χ0v) is 12.9. The maximum atomic E-state index is 5.95. The second-order valence-corrected chi connectivity index (χ2v) is 6.14. The summed E-state index contributed by atoms with van der Waals surface area (Å²) < 4.78 is 5.40. The molecule has 2 aliphatic rings. The highest BCUT2D eigenvalue weighted by Gasteiger charge is 2.23. The first kappa shape index (κ1) is 14.8. The zero-order chi connectivity index (χ0) is 14.7. The fourth-order valence-corrected chi connectivity index (χ4v) is 3.26. The van der Waals surface area contributed by atoms with Crippen LogP contribution in [0.2, 0.25) is 5.15 Å². The van der Waals surface area contributed by atoms with Gasteiger partial charge < -0.3 is 15.4 Å². The number of aromatic nitrogens is 2. The van der Waals surface area contributed by atoms with Gasteiger partial charge in [0.25, 0.3) is 0 Å². The Morgan fingerprint density at radius 1 is 1.19 bits per heavy atom. The molecule has 0 aromatic carbocycles. The van der Waals surface area contributed by atoms with Crippen molar-refractivity contribution in [1.29, 1.82) is 0 Å². The van der Waals surface area contributed by atoms with Crippen LogP contribution in [0.1, 0.15) is 12.8 Å². The average Bonchev–Trinajstić information content (AvgIpc) is 2.48. The minimum atomic E-state index is 0.243. The number of nitrogens with zero attached hydrogens (tertiary/aromatic N) is 4. The molecule has 0 spiro atoms. The van der Waals surface area contributed by atoms with Gasteiger partial charge in [-0.3, -0.25) is 4.90 Å². The van der Waals surface area contributed by atoms with E-state index in [1.54, 1.807) is 6.07 Å². The monoisotopic (exact) mass is 311 g/mol. The van der Waals surface area contributed by atoms with Crippen LogP contribution in [0.15, 0.2) is 6.07 Å². The van der Waals surface area contributed by atoms with Crippen molar-refractivity contribution in [3.8, 4) is 0 Å². The Hall–Kier alpha value is -1.11. The van der Waals surface area contributed by atoms with Crippen LogP contribution in [-0.4, -0.2) is 60.8 Å². The molecule has 1 aromatic rings. The number of morpholine rings is 1. The van der Waals surface area contributed by atoms with Crippen molar-refractivity contribution >= 4 is 23.4 Å². The summed E-state index contributed by atoms with van der Waals surface area (Å²) in [5, 5.41) is 0.410. The molecule has 3 rings (SSSR count). The minimum absolute atomic E-state index is 0.243. The van der Waals surface area contributed by atoms with E-state index in [1.807, 2.05) is 0 Å². The molecule has 0 bridgehead atoms. The van der Waals surface area contributed by atoms with Crippen molar-refractivity contribution in [1.82, 2.24) is 14.9 Å². The lowest BCUT2D eigenvalue weighted by molar-refractivity contribution is 0.0289. The number of piperidine rings is 1. The Kier molecular flexibility index (Phi) is 4.77. The SMILES string of the molecule is Nc1nc(Cl)cc(N2CCC(CN3CCOCC3)CC2)n1. The van der Waals surface area contributed by atoms with Crippen molar-refractivity contribution in [2.45, 2.75) is 12.8 Å². The van der Waals surface area contributed by atoms with E-state index in [1.165, 1.54) is 19.4 Å². The van der Waals surface area contributed by atoms with Gasteiger partial charge >= 0.3 is 0 Å². The van der Waals surface area contributed by atoms with Gasteiger partial charge in [-0.05, 0) is 18.8 Å². The van der Waals surface area contributed by atoms with Gasteiger partial charge in [0.15, 0.2) is 0 Å². The molecule has 0 unspecified atom stereocenters. The van der Waals surface area contributed by atoms with E-state index in [9.17, 15) is 0 Å². The highest BCUT2D eigenvalue weighted by Crippen LogP contribution is 2.24. The summed E-state index contributed by atoms with van der Waals surface area (Å²) in [5.74, 6) is 1.85. The first-order valence-corrected chi connectivity index (χ1v) is 7.93. The molecule has 7 heteroatoms. The number of hydrogen-bond acceptors (Lipinski definition) is 6. The Labute approximate surface area is 130 Å². The molecule has 0 atom stereocenters. The number of halogens is 1. The normalized spacial score (nSPS) is 21.7. The number of anilines is 2. The van der Waals surface area contributed by atoms with Gasteiger partial charge in [0.2, 0.25) is 5.95 Å². The molecule has 21 heavy (non-hydrogen) atoms. The fraction of sp³-hybridized carbons (Fsp3) is 0.714. The number of ether oxygens (including phenoxy) is 1. The predicted molar refractivity (Wildman–Crippen MR) is 83.7 cm³/mol. The largest absolute Gasteiger partial charge is 0.379 e. The van der Waals surface area contributed by atoms with Crippen LogP contribution in [-0.2, 0) is 4.74 Å². The third kappa shape index (κ3) is 3.96. The Morgan fingerprint density at radius 2 is 1.90 bits per heavy atom. The smallest absolute Gasteiger partial charge is 0.223 e. The highest BCUT2D eigenvalue weighted by atomic mass is 35.5. The summed E-state index contributed by atoms with van der Waals surface area (Å²) in [6, 6.07) is 1.79. The standard InChI is InChI=1S/C14H22ClN5O/c15-12-9-13(18-14(16)17-12)20-3-1-11(2-4-20)10-19-5-7-21-8-6-19/h9,11H,1-8,10H2,(H2,16,17,18). The first-order valence-electron chi connectivity index (χ1n) is 7.56. The van der Waals surface area contributed by atoms with E-state index >= 15 is 0 Å². The lowest BCUT2D eigenvalue weighted by atomic mass is 9.96. The van der Waals surface area contributed by atoms with Gasteiger partial charge in [-0.25, -0.2) is 4.98 Å². The van der Waals surface area contributed by atoms with E-state index < -0.39 is 0 Å². The van der Waals surface area contributed by atoms with E-state index in [-0.39, 0.29) is 5.95 Å². The van der Waals surface area contributed by atoms with Crippen LogP contribution in [0.25, 0.3) is 0 Å². The maximum Gasteiger partial charge on any atom is 0.223 e. The van der Waals surface area contributed by atoms with E-state index in [0.717, 1.165) is 51.1 Å². The Balaban J connectivity index is 1.52. The van der Waals surface area contributed by atoms with Crippen LogP contribution in [0.3, 0.4) is 0 Å². The second-order valence-electron chi connectivity index (χ2n) is 5.75. The van der Waals surface area contributed by atoms with Gasteiger partial charge in [-0.15, -0.1) is 0 Å². The number of nitrogen functional groups attached to an aromatic ring is 1. The Morgan fingerprint density at radius 3 is 2.57 bits per heavy atom. The van der Waals surface area contributed by atoms with Gasteiger partial charge in [-0.1, -0.05) is 11.6 Å². The van der Waals surface area contributed by atoms with Gasteiger partial charge in [-0.2, -0.15) is 4.98 Å². The third-order valence-electron chi connectivity index (χ3n) is 4.26. The molecule has 116 valence electrons. The molecule has 0 amide bonds. The van der Waals surface area contributed by atoms with Crippen molar-refractivity contribution in [2.75, 3.05) is 56.6 Å². The summed E-state index contributed by atoms with van der Waals surface area (Å²) in [7, 11) is 0. The summed E-state index contributed by atoms with van der Waals surface area (Å²) in [6.07, 6.45) is 2.36. The van der Waals surface area contributed by atoms with Crippen LogP contribution >= 0.6 is 11.6 Å². The Bertz CT molecular complexity index is 452. The van der Waals surface area contributed by atoms with Gasteiger partial charge in [0.1, 0.15) is 11.0 Å². The van der Waals surface area contributed by atoms with Crippen LogP contribution in [0, 0.1) is 5.92 Å². The number of nitrogens with two attached hydrogens (primary N) is 1. The molecular formula is C14H22ClN5O. The van der Waals surface area contributed by atoms with Crippen LogP contribution in [0.5, 0.6) is 0 Å². The summed E-state index contributed by atoms with van der Waals surface area (Å²) in [4.78, 5) is 13.0. The molecule has 2 fully saturated rings. The minimum Gasteiger partial charge on any atom is -0.379 e. The van der Waals surface area contributed by atoms with Crippen molar-refractivity contribution in [3.05, 3.63) is 11.2 Å². The molecule has 0 saturated carbocycles. The molecule has 3 heterocycles. The van der Waals surface area contributed by atoms with Gasteiger partial charge in [0, 0.05) is 38.8 Å². The lowest BCUT2D eigenvalue weighted by Gasteiger charge is -2.36. The highest BCUT2D eigenvalue weighted by molar-refractivity contribution is 6.29. The van der Waals surface area contributed by atoms with E-state index in [4.69, 9.17) is 22.1 Å². The van der Waals surface area contributed by atoms with Crippen LogP contribution in [0.4, 0.5) is 11.8 Å². The molecule has 2 aliphatic heterocycles. The number of hydrogen-bond donors (Lipinski definition) is 1. The quantitative estimate of drug-likeness (QED) is 0.848. The molecule has 6 nitrogen and oxygen atoms in total. The molecule has 0 radical (unpaired) electrons. The fourth-order valence-electron chi connectivity index (χ4n) is 3.08. The topological polar surface area (TPSA) is 67.5 Å². The lowest BCUT2D eigenvalue weighted by Crippen LogP contribution is -2.43. The van der Waals surface area contributed by atoms with Crippen molar-refractivity contribution in [3.63, 3.8) is 0 Å². The molecule has 2 saturated heterocycles. The molecule has 0 aliphatic carbocycles. The van der Waals surface area contributed by atoms with E-state index in [2.05, 4.69) is 19.8 Å². The van der Waals surface area contributed by atoms with Crippen LogP contribution < -0.4 is 10.6 Å². The van der Waals surface area contributed by atoms with Crippen molar-refractivity contribution < 1.29 is 4.74 Å². The average molecular weight is 312 g/mol. The summed E-state index contributed by atoms with van der Waals surface area (Å²) in [6.45, 7) is 7.07. The second kappa shape index (κ2) is 6.77. The summed E-state index contributed by atoms with van der Waals surface area (Å²) >= 11 is 5.95. The number of rotatable bonds is 3. The zero-order valence-electron chi connectivity index (χ0n) is 12.2. The summed E-state index contributed by atoms with van der Waals surface area (Å²) in [5.41, 5.74) is 5.67. The van der Waals surface area contributed by atoms with E-state index in [0.29, 0.717) is 5.15 Å². The van der Waals surface area contributed by atoms with Gasteiger partial charge in [0.05, 0.1) is 13.2 Å². The molecule has 1 aromatic heterocycles. The van der Waals surface area contributed by atoms with Crippen molar-refractivity contribution in [2.24, 2.45) is 5.92 Å².